The van der Waals surface area contributed by atoms with Crippen molar-refractivity contribution in [2.75, 3.05) is 44.7 Å². The van der Waals surface area contributed by atoms with Crippen molar-refractivity contribution in [3.05, 3.63) is 60.6 Å². The van der Waals surface area contributed by atoms with Crippen LogP contribution < -0.4 is 15.0 Å². The molecular weight excluding hydrogens is 330 g/mol. The molecule has 1 fully saturated rings. The van der Waals surface area contributed by atoms with Crippen LogP contribution in [0.15, 0.2) is 53.5 Å². The minimum absolute atomic E-state index is 0.211. The molecule has 3 rings (SSSR count). The van der Waals surface area contributed by atoms with E-state index in [1.54, 1.807) is 19.3 Å². The second-order valence-corrected chi connectivity index (χ2v) is 6.20. The predicted octanol–water partition coefficient (Wildman–Crippen LogP) is 2.53. The summed E-state index contributed by atoms with van der Waals surface area (Å²) in [6.07, 6.45) is 1.64. The number of piperazine rings is 1. The van der Waals surface area contributed by atoms with Gasteiger partial charge in [-0.05, 0) is 24.3 Å². The lowest BCUT2D eigenvalue weighted by Gasteiger charge is -2.36. The Kier molecular flexibility index (Phi) is 5.96. The third-order valence-corrected chi connectivity index (χ3v) is 4.47. The van der Waals surface area contributed by atoms with E-state index in [2.05, 4.69) is 27.8 Å². The first-order chi connectivity index (χ1) is 12.7. The lowest BCUT2D eigenvalue weighted by Crippen LogP contribution is -2.46. The molecule has 1 N–H and O–H groups in total. The highest BCUT2D eigenvalue weighted by atomic mass is 16.5. The number of para-hydroxylation sites is 2. The van der Waals surface area contributed by atoms with E-state index < -0.39 is 0 Å². The van der Waals surface area contributed by atoms with E-state index in [9.17, 15) is 4.79 Å². The molecule has 0 unspecified atom stereocenters. The average molecular weight is 355 g/mol. The average Bonchev–Trinajstić information content (AvgIpc) is 3.15. The van der Waals surface area contributed by atoms with Crippen LogP contribution in [0.3, 0.4) is 0 Å². The Labute approximate surface area is 154 Å². The number of furan rings is 1. The largest absolute Gasteiger partial charge is 0.495 e. The van der Waals surface area contributed by atoms with Crippen molar-refractivity contribution in [3.8, 4) is 5.75 Å². The van der Waals surface area contributed by atoms with Crippen molar-refractivity contribution in [1.29, 1.82) is 0 Å². The fourth-order valence-electron chi connectivity index (χ4n) is 3.10. The smallest absolute Gasteiger partial charge is 0.287 e. The number of methoxy groups -OCH3 is 1. The maximum atomic E-state index is 11.9. The number of amides is 1. The Bertz CT molecular complexity index is 748. The van der Waals surface area contributed by atoms with E-state index in [0.29, 0.717) is 18.8 Å². The summed E-state index contributed by atoms with van der Waals surface area (Å²) in [5.74, 6) is 1.84. The molecule has 26 heavy (non-hydrogen) atoms. The van der Waals surface area contributed by atoms with Crippen LogP contribution in [0.1, 0.15) is 16.3 Å². The molecule has 138 valence electrons. The summed E-state index contributed by atoms with van der Waals surface area (Å²) in [4.78, 5) is 16.6. The highest BCUT2D eigenvalue weighted by molar-refractivity contribution is 5.91. The number of carbonyl (C=O) groups excluding carboxylic acids is 1. The molecule has 0 spiro atoms. The van der Waals surface area contributed by atoms with Crippen LogP contribution in [0.25, 0.3) is 0 Å². The van der Waals surface area contributed by atoms with Gasteiger partial charge in [0.1, 0.15) is 11.5 Å². The van der Waals surface area contributed by atoms with Gasteiger partial charge in [0, 0.05) is 32.7 Å². The van der Waals surface area contributed by atoms with Crippen molar-refractivity contribution in [2.24, 2.45) is 0 Å². The topological polar surface area (TPSA) is 58.0 Å². The van der Waals surface area contributed by atoms with Crippen LogP contribution in [0, 0.1) is 0 Å². The highest BCUT2D eigenvalue weighted by Gasteiger charge is 2.21. The number of rotatable bonds is 7. The Balaban J connectivity index is 1.54. The molecule has 6 nitrogen and oxygen atoms in total. The summed E-state index contributed by atoms with van der Waals surface area (Å²) in [6, 6.07) is 11.7. The van der Waals surface area contributed by atoms with Crippen molar-refractivity contribution in [1.82, 2.24) is 10.2 Å². The molecule has 6 heteroatoms. The first-order valence-corrected chi connectivity index (χ1v) is 8.79. The Hall–Kier alpha value is -2.73. The van der Waals surface area contributed by atoms with Gasteiger partial charge in [0.05, 0.1) is 19.3 Å². The first kappa shape index (κ1) is 18.1. The van der Waals surface area contributed by atoms with Gasteiger partial charge in [-0.15, -0.1) is 6.58 Å². The van der Waals surface area contributed by atoms with Crippen LogP contribution >= 0.6 is 0 Å². The van der Waals surface area contributed by atoms with Crippen molar-refractivity contribution < 1.29 is 13.9 Å². The lowest BCUT2D eigenvalue weighted by atomic mass is 10.2. The normalized spacial score (nSPS) is 14.9. The van der Waals surface area contributed by atoms with E-state index in [-0.39, 0.29) is 5.91 Å². The summed E-state index contributed by atoms with van der Waals surface area (Å²) >= 11 is 0. The zero-order valence-electron chi connectivity index (χ0n) is 15.1. The van der Waals surface area contributed by atoms with Crippen LogP contribution in [0.4, 0.5) is 5.69 Å². The molecule has 1 amide bonds. The molecule has 0 saturated carbocycles. The third-order valence-electron chi connectivity index (χ3n) is 4.47. The monoisotopic (exact) mass is 355 g/mol. The van der Waals surface area contributed by atoms with Gasteiger partial charge in [-0.2, -0.15) is 0 Å². The van der Waals surface area contributed by atoms with Crippen molar-refractivity contribution >= 4 is 11.6 Å². The number of anilines is 1. The van der Waals surface area contributed by atoms with E-state index in [1.165, 1.54) is 0 Å². The van der Waals surface area contributed by atoms with E-state index in [1.807, 2.05) is 24.3 Å². The van der Waals surface area contributed by atoms with E-state index in [0.717, 1.165) is 43.4 Å². The molecule has 1 saturated heterocycles. The molecular formula is C20H25N3O3. The zero-order valence-corrected chi connectivity index (χ0v) is 15.1. The molecule has 0 bridgehead atoms. The Morgan fingerprint density at radius 3 is 2.73 bits per heavy atom. The number of hydrogen-bond donors (Lipinski definition) is 1. The van der Waals surface area contributed by atoms with Gasteiger partial charge in [0.15, 0.2) is 5.76 Å². The number of hydrogen-bond acceptors (Lipinski definition) is 5. The molecule has 2 heterocycles. The minimum atomic E-state index is -0.211. The van der Waals surface area contributed by atoms with Crippen LogP contribution in [0.2, 0.25) is 0 Å². The molecule has 0 aliphatic carbocycles. The summed E-state index contributed by atoms with van der Waals surface area (Å²) in [5.41, 5.74) is 1.13. The summed E-state index contributed by atoms with van der Waals surface area (Å²) in [5, 5.41) is 2.72. The molecule has 2 aromatic rings. The molecule has 1 aromatic carbocycles. The van der Waals surface area contributed by atoms with E-state index in [4.69, 9.17) is 9.15 Å². The Morgan fingerprint density at radius 2 is 2.00 bits per heavy atom. The second-order valence-electron chi connectivity index (χ2n) is 6.20. The summed E-state index contributed by atoms with van der Waals surface area (Å²) in [6.45, 7) is 8.42. The fourth-order valence-corrected chi connectivity index (χ4v) is 3.10. The van der Waals surface area contributed by atoms with Crippen LogP contribution in [-0.2, 0) is 6.54 Å². The molecule has 0 atom stereocenters. The fraction of sp³-hybridized carbons (Fsp3) is 0.350. The number of nitrogens with one attached hydrogen (secondary N) is 1. The number of ether oxygens (including phenoxy) is 1. The first-order valence-electron chi connectivity index (χ1n) is 8.79. The zero-order chi connectivity index (χ0) is 18.4. The highest BCUT2D eigenvalue weighted by Crippen LogP contribution is 2.28. The number of nitrogens with zero attached hydrogens (tertiary/aromatic N) is 2. The van der Waals surface area contributed by atoms with Crippen LogP contribution in [-0.4, -0.2) is 50.6 Å². The van der Waals surface area contributed by atoms with Crippen molar-refractivity contribution in [3.63, 3.8) is 0 Å². The Morgan fingerprint density at radius 1 is 1.23 bits per heavy atom. The second kappa shape index (κ2) is 8.58. The standard InChI is InChI=1S/C20H25N3O3/c1-3-10-21-20(24)19-9-8-16(26-19)15-22-11-13-23(14-12-22)17-6-4-5-7-18(17)25-2/h3-9H,1,10-15H2,2H3,(H,21,24). The summed E-state index contributed by atoms with van der Waals surface area (Å²) < 4.78 is 11.1. The van der Waals surface area contributed by atoms with E-state index >= 15 is 0 Å². The third kappa shape index (κ3) is 4.26. The van der Waals surface area contributed by atoms with Gasteiger partial charge in [0.25, 0.3) is 5.91 Å². The van der Waals surface area contributed by atoms with Crippen molar-refractivity contribution in [2.45, 2.75) is 6.54 Å². The van der Waals surface area contributed by atoms with Crippen LogP contribution in [0.5, 0.6) is 5.75 Å². The predicted molar refractivity (Wildman–Crippen MR) is 102 cm³/mol. The maximum absolute atomic E-state index is 11.9. The molecule has 0 radical (unpaired) electrons. The lowest BCUT2D eigenvalue weighted by molar-refractivity contribution is 0.0926. The maximum Gasteiger partial charge on any atom is 0.287 e. The molecule has 1 aliphatic rings. The molecule has 1 aliphatic heterocycles. The van der Waals surface area contributed by atoms with Gasteiger partial charge in [-0.25, -0.2) is 0 Å². The van der Waals surface area contributed by atoms with Gasteiger partial charge in [-0.1, -0.05) is 18.2 Å². The number of carbonyl (C=O) groups is 1. The SMILES string of the molecule is C=CCNC(=O)c1ccc(CN2CCN(c3ccccc3OC)CC2)o1. The van der Waals surface area contributed by atoms with Gasteiger partial charge in [0.2, 0.25) is 0 Å². The minimum Gasteiger partial charge on any atom is -0.495 e. The number of benzene rings is 1. The molecule has 1 aromatic heterocycles. The summed E-state index contributed by atoms with van der Waals surface area (Å²) in [7, 11) is 1.70. The quantitative estimate of drug-likeness (QED) is 0.774. The van der Waals surface area contributed by atoms with Gasteiger partial charge < -0.3 is 19.4 Å². The van der Waals surface area contributed by atoms with Gasteiger partial charge in [-0.3, -0.25) is 9.69 Å². The van der Waals surface area contributed by atoms with Gasteiger partial charge >= 0.3 is 0 Å².